The molecule has 0 heterocycles. The van der Waals surface area contributed by atoms with Crippen molar-refractivity contribution in [3.8, 4) is 0 Å². The molecule has 0 aromatic carbocycles. The van der Waals surface area contributed by atoms with E-state index in [0.717, 1.165) is 6.54 Å². The molecular weight excluding hydrogens is 152 g/mol. The molecule has 0 saturated carbocycles. The summed E-state index contributed by atoms with van der Waals surface area (Å²) in [6.45, 7) is 10.7. The van der Waals surface area contributed by atoms with E-state index in [2.05, 4.69) is 43.7 Å². The maximum atomic E-state index is 3.83. The molecule has 0 unspecified atom stereocenters. The summed E-state index contributed by atoms with van der Waals surface area (Å²) in [5, 5.41) is 0. The second-order valence-electron chi connectivity index (χ2n) is 2.66. The summed E-state index contributed by atoms with van der Waals surface area (Å²) < 4.78 is 2.18. The molecule has 64 valence electrons. The first-order valence-corrected chi connectivity index (χ1v) is 5.92. The lowest BCUT2D eigenvalue weighted by atomic mass is 10.8. The van der Waals surface area contributed by atoms with Crippen molar-refractivity contribution in [2.75, 3.05) is 20.6 Å². The third kappa shape index (κ3) is 2.29. The standard InChI is InChI=1S/C8H18N2Si/c1-6-9-11(7-2,8-3)10(4)5/h7-9H,2-3,6H2,1,4-5H3. The van der Waals surface area contributed by atoms with Gasteiger partial charge in [-0.15, -0.1) is 13.2 Å². The van der Waals surface area contributed by atoms with Gasteiger partial charge in [-0.3, -0.25) is 0 Å². The van der Waals surface area contributed by atoms with Crippen LogP contribution in [-0.4, -0.2) is 33.6 Å². The van der Waals surface area contributed by atoms with Gasteiger partial charge in [-0.25, -0.2) is 0 Å². The molecule has 1 N–H and O–H groups in total. The van der Waals surface area contributed by atoms with E-state index in [-0.39, 0.29) is 0 Å². The van der Waals surface area contributed by atoms with E-state index < -0.39 is 8.40 Å². The Morgan fingerprint density at radius 3 is 1.91 bits per heavy atom. The molecule has 0 bridgehead atoms. The molecule has 0 aliphatic rings. The van der Waals surface area contributed by atoms with Crippen molar-refractivity contribution in [2.24, 2.45) is 0 Å². The van der Waals surface area contributed by atoms with Crippen molar-refractivity contribution >= 4 is 8.40 Å². The number of nitrogens with zero attached hydrogens (tertiary/aromatic N) is 1. The maximum absolute atomic E-state index is 3.83. The summed E-state index contributed by atoms with van der Waals surface area (Å²) >= 11 is 0. The Morgan fingerprint density at radius 2 is 1.82 bits per heavy atom. The molecule has 0 aromatic rings. The normalized spacial score (nSPS) is 11.6. The van der Waals surface area contributed by atoms with Gasteiger partial charge in [-0.05, 0) is 20.6 Å². The SMILES string of the molecule is C=C[Si](C=C)(NCC)N(C)C. The van der Waals surface area contributed by atoms with Gasteiger partial charge in [0, 0.05) is 0 Å². The van der Waals surface area contributed by atoms with Crippen molar-refractivity contribution in [1.82, 2.24) is 9.55 Å². The van der Waals surface area contributed by atoms with Crippen LogP contribution in [-0.2, 0) is 0 Å². The van der Waals surface area contributed by atoms with E-state index in [1.807, 2.05) is 11.4 Å². The van der Waals surface area contributed by atoms with Crippen molar-refractivity contribution in [3.05, 3.63) is 24.6 Å². The van der Waals surface area contributed by atoms with Crippen molar-refractivity contribution in [1.29, 1.82) is 0 Å². The summed E-state index contributed by atoms with van der Waals surface area (Å²) in [4.78, 5) is 3.42. The van der Waals surface area contributed by atoms with Gasteiger partial charge < -0.3 is 9.55 Å². The minimum atomic E-state index is -1.71. The van der Waals surface area contributed by atoms with Gasteiger partial charge in [-0.2, -0.15) is 0 Å². The topological polar surface area (TPSA) is 15.3 Å². The van der Waals surface area contributed by atoms with Crippen LogP contribution in [0.3, 0.4) is 0 Å². The van der Waals surface area contributed by atoms with Crippen LogP contribution in [0.15, 0.2) is 24.6 Å². The molecular formula is C8H18N2Si. The van der Waals surface area contributed by atoms with Crippen molar-refractivity contribution in [3.63, 3.8) is 0 Å². The van der Waals surface area contributed by atoms with E-state index in [4.69, 9.17) is 0 Å². The second-order valence-corrected chi connectivity index (χ2v) is 6.37. The zero-order valence-electron chi connectivity index (χ0n) is 7.72. The van der Waals surface area contributed by atoms with Crippen LogP contribution in [0.25, 0.3) is 0 Å². The van der Waals surface area contributed by atoms with Gasteiger partial charge in [0.05, 0.1) is 0 Å². The van der Waals surface area contributed by atoms with Crippen LogP contribution in [0.5, 0.6) is 0 Å². The molecule has 0 saturated heterocycles. The summed E-state index contributed by atoms with van der Waals surface area (Å²) in [5.74, 6) is 0. The van der Waals surface area contributed by atoms with E-state index in [9.17, 15) is 0 Å². The van der Waals surface area contributed by atoms with Crippen molar-refractivity contribution in [2.45, 2.75) is 6.92 Å². The van der Waals surface area contributed by atoms with Crippen molar-refractivity contribution < 1.29 is 0 Å². The highest BCUT2D eigenvalue weighted by atomic mass is 28.3. The number of hydrogen-bond acceptors (Lipinski definition) is 2. The largest absolute Gasteiger partial charge is 0.319 e. The Kier molecular flexibility index (Phi) is 4.33. The third-order valence-electron chi connectivity index (χ3n) is 1.82. The molecule has 0 amide bonds. The maximum Gasteiger partial charge on any atom is 0.253 e. The molecule has 3 heteroatoms. The number of nitrogens with one attached hydrogen (secondary N) is 1. The molecule has 11 heavy (non-hydrogen) atoms. The average molecular weight is 170 g/mol. The first kappa shape index (κ1) is 10.6. The summed E-state index contributed by atoms with van der Waals surface area (Å²) in [6, 6.07) is 0. The highest BCUT2D eigenvalue weighted by Gasteiger charge is 2.27. The number of rotatable bonds is 5. The predicted octanol–water partition coefficient (Wildman–Crippen LogP) is 1.05. The highest BCUT2D eigenvalue weighted by Crippen LogP contribution is 2.03. The fourth-order valence-electron chi connectivity index (χ4n) is 1.03. The zero-order valence-corrected chi connectivity index (χ0v) is 8.72. The lowest BCUT2D eigenvalue weighted by Gasteiger charge is -2.31. The lowest BCUT2D eigenvalue weighted by molar-refractivity contribution is 0.609. The number of hydrogen-bond donors (Lipinski definition) is 1. The smallest absolute Gasteiger partial charge is 0.253 e. The molecule has 0 spiro atoms. The minimum absolute atomic E-state index is 0.961. The Balaban J connectivity index is 4.45. The molecule has 0 aliphatic heterocycles. The molecule has 0 radical (unpaired) electrons. The Labute approximate surface area is 70.8 Å². The van der Waals surface area contributed by atoms with Gasteiger partial charge in [0.1, 0.15) is 0 Å². The molecule has 0 atom stereocenters. The van der Waals surface area contributed by atoms with E-state index in [1.165, 1.54) is 0 Å². The summed E-state index contributed by atoms with van der Waals surface area (Å²) in [7, 11) is 2.40. The third-order valence-corrected chi connectivity index (χ3v) is 5.47. The average Bonchev–Trinajstić information content (AvgIpc) is 2.00. The summed E-state index contributed by atoms with van der Waals surface area (Å²) in [5.41, 5.74) is 3.98. The van der Waals surface area contributed by atoms with Gasteiger partial charge in [-0.1, -0.05) is 18.3 Å². The highest BCUT2D eigenvalue weighted by molar-refractivity contribution is 6.84. The van der Waals surface area contributed by atoms with Crippen LogP contribution >= 0.6 is 0 Å². The van der Waals surface area contributed by atoms with E-state index in [1.54, 1.807) is 0 Å². The Bertz CT molecular complexity index is 135. The Morgan fingerprint density at radius 1 is 1.36 bits per heavy atom. The van der Waals surface area contributed by atoms with E-state index >= 15 is 0 Å². The first-order chi connectivity index (χ1) is 5.13. The van der Waals surface area contributed by atoms with Crippen LogP contribution < -0.4 is 4.98 Å². The minimum Gasteiger partial charge on any atom is -0.319 e. The fourth-order valence-corrected chi connectivity index (χ4v) is 3.10. The van der Waals surface area contributed by atoms with Crippen LogP contribution in [0, 0.1) is 0 Å². The first-order valence-electron chi connectivity index (χ1n) is 3.82. The van der Waals surface area contributed by atoms with Crippen LogP contribution in [0.4, 0.5) is 0 Å². The molecule has 0 rings (SSSR count). The monoisotopic (exact) mass is 170 g/mol. The molecule has 2 nitrogen and oxygen atoms in total. The van der Waals surface area contributed by atoms with E-state index in [0.29, 0.717) is 0 Å². The quantitative estimate of drug-likeness (QED) is 0.621. The summed E-state index contributed by atoms with van der Waals surface area (Å²) in [6.07, 6.45) is 0. The van der Waals surface area contributed by atoms with Crippen LogP contribution in [0.1, 0.15) is 6.92 Å². The van der Waals surface area contributed by atoms with Crippen LogP contribution in [0.2, 0.25) is 0 Å². The van der Waals surface area contributed by atoms with Gasteiger partial charge in [0.15, 0.2) is 0 Å². The molecule has 0 aromatic heterocycles. The molecule has 0 fully saturated rings. The zero-order chi connectivity index (χ0) is 8.91. The van der Waals surface area contributed by atoms with Gasteiger partial charge in [0.25, 0.3) is 8.40 Å². The Hall–Kier alpha value is -0.383. The van der Waals surface area contributed by atoms with Gasteiger partial charge >= 0.3 is 0 Å². The van der Waals surface area contributed by atoms with Gasteiger partial charge in [0.2, 0.25) is 0 Å². The molecule has 0 aliphatic carbocycles. The second kappa shape index (κ2) is 4.49. The lowest BCUT2D eigenvalue weighted by Crippen LogP contribution is -2.59. The predicted molar refractivity (Wildman–Crippen MR) is 53.5 cm³/mol. The fraction of sp³-hybridized carbons (Fsp3) is 0.500.